The first-order chi connectivity index (χ1) is 11.3. The van der Waals surface area contributed by atoms with E-state index in [0.717, 1.165) is 14.0 Å². The lowest BCUT2D eigenvalue weighted by molar-refractivity contribution is -0.122. The number of hydrazine groups is 1. The Morgan fingerprint density at radius 3 is 1.96 bits per heavy atom. The van der Waals surface area contributed by atoms with Gasteiger partial charge in [-0.3, -0.25) is 10.1 Å². The molecule has 9 nitrogen and oxygen atoms in total. The van der Waals surface area contributed by atoms with Crippen LogP contribution in [0.2, 0.25) is 0 Å². The van der Waals surface area contributed by atoms with Crippen LogP contribution in [0.15, 0.2) is 0 Å². The molecule has 1 radical (unpaired) electrons. The van der Waals surface area contributed by atoms with Crippen LogP contribution in [-0.4, -0.2) is 86.0 Å². The second kappa shape index (κ2) is 19.0. The molecule has 1 amide bonds. The Balaban J connectivity index is 3.07. The Bertz CT molecular complexity index is 286. The molecule has 10 heteroatoms. The average Bonchev–Trinajstić information content (AvgIpc) is 2.55. The minimum absolute atomic E-state index is 0.205. The summed E-state index contributed by atoms with van der Waals surface area (Å²) in [4.78, 5) is 21.1. The predicted octanol–water partition coefficient (Wildman–Crippen LogP) is -1.91. The van der Waals surface area contributed by atoms with Crippen molar-refractivity contribution in [1.29, 1.82) is 0 Å². The van der Waals surface area contributed by atoms with Crippen LogP contribution in [0.4, 0.5) is 0 Å². The predicted molar refractivity (Wildman–Crippen MR) is 85.6 cm³/mol. The molecular weight excluding hydrogens is 305 g/mol. The Hall–Kier alpha value is -1.04. The Morgan fingerprint density at radius 1 is 0.913 bits per heavy atom. The number of carbonyl (C=O) groups excluding carboxylic acids is 2. The number of likely N-dealkylation sites (N-methyl/N-ethyl adjacent to an activating group) is 1. The number of amides is 1. The van der Waals surface area contributed by atoms with Gasteiger partial charge in [0.25, 0.3) is 0 Å². The first-order valence-corrected chi connectivity index (χ1v) is 7.58. The Kier molecular flexibility index (Phi) is 18.2. The van der Waals surface area contributed by atoms with E-state index in [1.807, 2.05) is 7.05 Å². The highest BCUT2D eigenvalue weighted by Crippen LogP contribution is 1.85. The number of rotatable bonds is 18. The van der Waals surface area contributed by atoms with Crippen LogP contribution < -0.4 is 16.1 Å². The maximum atomic E-state index is 11.2. The van der Waals surface area contributed by atoms with Crippen molar-refractivity contribution in [3.05, 3.63) is 0 Å². The smallest absolute Gasteiger partial charge is 0.313 e. The summed E-state index contributed by atoms with van der Waals surface area (Å²) in [6.45, 7) is 4.78. The van der Waals surface area contributed by atoms with Crippen LogP contribution in [0, 0.1) is 0 Å². The van der Waals surface area contributed by atoms with Crippen molar-refractivity contribution in [2.75, 3.05) is 66.4 Å². The summed E-state index contributed by atoms with van der Waals surface area (Å²) < 4.78 is 21.2. The summed E-state index contributed by atoms with van der Waals surface area (Å²) in [5.74, 6) is -0.255. The third kappa shape index (κ3) is 18.9. The quantitative estimate of drug-likeness (QED) is 0.116. The van der Waals surface area contributed by atoms with Crippen molar-refractivity contribution in [3.63, 3.8) is 0 Å². The van der Waals surface area contributed by atoms with Crippen molar-refractivity contribution in [1.82, 2.24) is 16.1 Å². The first kappa shape index (κ1) is 22.0. The molecule has 0 aromatic heterocycles. The van der Waals surface area contributed by atoms with Gasteiger partial charge >= 0.3 is 7.41 Å². The normalized spacial score (nSPS) is 10.5. The second-order valence-electron chi connectivity index (χ2n) is 4.30. The Labute approximate surface area is 138 Å². The van der Waals surface area contributed by atoms with Crippen molar-refractivity contribution >= 4 is 19.5 Å². The minimum atomic E-state index is -0.255. The molecule has 133 valence electrons. The molecule has 3 N–H and O–H groups in total. The number of ether oxygens (including phenoxy) is 4. The van der Waals surface area contributed by atoms with E-state index >= 15 is 0 Å². The van der Waals surface area contributed by atoms with E-state index in [4.69, 9.17) is 18.9 Å². The molecule has 23 heavy (non-hydrogen) atoms. The van der Waals surface area contributed by atoms with Crippen LogP contribution in [0.1, 0.15) is 6.42 Å². The van der Waals surface area contributed by atoms with E-state index in [1.165, 1.54) is 0 Å². The standard InChI is InChI=1S/C13H27BN3O6/c1-15-3-5-21-7-9-23-11-10-22-8-6-20-4-2-13(19)16-17-14-12-18/h12,15,17H,2-11H2,1H3,(H,16,19). The van der Waals surface area contributed by atoms with Crippen molar-refractivity contribution < 1.29 is 28.5 Å². The fraction of sp³-hybridized carbons (Fsp3) is 0.846. The molecule has 0 atom stereocenters. The monoisotopic (exact) mass is 332 g/mol. The van der Waals surface area contributed by atoms with E-state index in [9.17, 15) is 9.59 Å². The van der Waals surface area contributed by atoms with Crippen LogP contribution >= 0.6 is 0 Å². The summed E-state index contributed by atoms with van der Waals surface area (Å²) >= 11 is 0. The van der Waals surface area contributed by atoms with Gasteiger partial charge in [-0.05, 0) is 7.05 Å². The van der Waals surface area contributed by atoms with Crippen molar-refractivity contribution in [2.45, 2.75) is 6.42 Å². The zero-order valence-corrected chi connectivity index (χ0v) is 13.7. The largest absolute Gasteiger partial charge is 0.379 e. The van der Waals surface area contributed by atoms with Gasteiger partial charge < -0.3 is 34.5 Å². The van der Waals surface area contributed by atoms with Gasteiger partial charge in [-0.25, -0.2) is 0 Å². The number of carbonyl (C=O) groups is 2. The van der Waals surface area contributed by atoms with Gasteiger partial charge in [-0.15, -0.1) is 0 Å². The summed E-state index contributed by atoms with van der Waals surface area (Å²) in [7, 11) is 2.96. The summed E-state index contributed by atoms with van der Waals surface area (Å²) in [6, 6.07) is 0. The lowest BCUT2D eigenvalue weighted by atomic mass is 10.0. The fourth-order valence-electron chi connectivity index (χ4n) is 1.32. The highest BCUT2D eigenvalue weighted by Gasteiger charge is 2.00. The van der Waals surface area contributed by atoms with E-state index in [1.54, 1.807) is 0 Å². The first-order valence-electron chi connectivity index (χ1n) is 7.58. The van der Waals surface area contributed by atoms with Gasteiger partial charge in [0.05, 0.1) is 65.5 Å². The van der Waals surface area contributed by atoms with E-state index in [0.29, 0.717) is 59.0 Å². The molecule has 0 saturated carbocycles. The van der Waals surface area contributed by atoms with Crippen LogP contribution in [0.5, 0.6) is 0 Å². The molecule has 0 unspecified atom stereocenters. The number of nitrogens with one attached hydrogen (secondary N) is 3. The van der Waals surface area contributed by atoms with Gasteiger partial charge in [0, 0.05) is 6.54 Å². The van der Waals surface area contributed by atoms with Crippen molar-refractivity contribution in [3.8, 4) is 0 Å². The van der Waals surface area contributed by atoms with Gasteiger partial charge in [-0.1, -0.05) is 0 Å². The van der Waals surface area contributed by atoms with Gasteiger partial charge in [0.15, 0.2) is 0 Å². The van der Waals surface area contributed by atoms with Gasteiger partial charge in [0.2, 0.25) is 5.91 Å². The maximum absolute atomic E-state index is 11.2. The van der Waals surface area contributed by atoms with Crippen LogP contribution in [0.25, 0.3) is 0 Å². The Morgan fingerprint density at radius 2 is 1.43 bits per heavy atom. The zero-order chi connectivity index (χ0) is 17.0. The molecular formula is C13H27BN3O6. The average molecular weight is 332 g/mol. The lowest BCUT2D eigenvalue weighted by Crippen LogP contribution is -2.40. The number of hydrogen-bond acceptors (Lipinski definition) is 8. The number of hydrogen-bond donors (Lipinski definition) is 3. The molecule has 0 heterocycles. The molecule has 0 aromatic rings. The summed E-state index contributed by atoms with van der Waals surface area (Å²) in [5, 5.41) is 5.32. The second-order valence-corrected chi connectivity index (χ2v) is 4.30. The molecule has 0 spiro atoms. The zero-order valence-electron chi connectivity index (χ0n) is 13.7. The molecule has 0 rings (SSSR count). The highest BCUT2D eigenvalue weighted by molar-refractivity contribution is 6.64. The van der Waals surface area contributed by atoms with Crippen LogP contribution in [-0.2, 0) is 28.5 Å². The molecule has 0 bridgehead atoms. The van der Waals surface area contributed by atoms with Gasteiger partial charge in [-0.2, -0.15) is 0 Å². The van der Waals surface area contributed by atoms with E-state index < -0.39 is 0 Å². The highest BCUT2D eigenvalue weighted by atomic mass is 16.6. The minimum Gasteiger partial charge on any atom is -0.379 e. The third-order valence-corrected chi connectivity index (χ3v) is 2.45. The SMILES string of the molecule is CNCCOCCOCCOCCOCCC(=O)NN[B]C=O. The van der Waals surface area contributed by atoms with E-state index in [2.05, 4.69) is 16.1 Å². The van der Waals surface area contributed by atoms with Crippen molar-refractivity contribution in [2.24, 2.45) is 0 Å². The lowest BCUT2D eigenvalue weighted by Gasteiger charge is -2.07. The molecule has 0 aliphatic rings. The molecule has 0 aromatic carbocycles. The van der Waals surface area contributed by atoms with Crippen LogP contribution in [0.3, 0.4) is 0 Å². The maximum Gasteiger partial charge on any atom is 0.313 e. The van der Waals surface area contributed by atoms with Gasteiger partial charge in [0.1, 0.15) is 0 Å². The third-order valence-electron chi connectivity index (χ3n) is 2.45. The molecule has 0 aliphatic carbocycles. The fourth-order valence-corrected chi connectivity index (χ4v) is 1.32. The molecule has 0 fully saturated rings. The van der Waals surface area contributed by atoms with E-state index in [-0.39, 0.29) is 12.3 Å². The topological polar surface area (TPSA) is 107 Å². The molecule has 0 aliphatic heterocycles. The molecule has 0 saturated heterocycles. The summed E-state index contributed by atoms with van der Waals surface area (Å²) in [5.41, 5.74) is 2.31. The summed E-state index contributed by atoms with van der Waals surface area (Å²) in [6.07, 6.45) is 0.741.